The molecule has 2 aromatic carbocycles. The molecule has 0 radical (unpaired) electrons. The first-order chi connectivity index (χ1) is 19.2. The number of hydrogen-bond acceptors (Lipinski definition) is 3. The fraction of sp³-hybridized carbons (Fsp3) is 0.417. The van der Waals surface area contributed by atoms with E-state index >= 15 is 0 Å². The van der Waals surface area contributed by atoms with Gasteiger partial charge in [-0.2, -0.15) is 0 Å². The number of benzene rings is 2. The summed E-state index contributed by atoms with van der Waals surface area (Å²) in [5, 5.41) is 21.8. The number of fused-ring (bicyclic) bond motifs is 1. The van der Waals surface area contributed by atoms with E-state index < -0.39 is 23.7 Å². The molecule has 0 aromatic heterocycles. The van der Waals surface area contributed by atoms with Gasteiger partial charge in [-0.25, -0.2) is 4.39 Å². The van der Waals surface area contributed by atoms with Crippen molar-refractivity contribution in [2.75, 3.05) is 0 Å². The molecular weight excluding hydrogens is 499 g/mol. The molecule has 5 atom stereocenters. The normalized spacial score (nSPS) is 30.1. The Morgan fingerprint density at radius 2 is 1.73 bits per heavy atom. The summed E-state index contributed by atoms with van der Waals surface area (Å²) < 4.78 is 14.0. The highest BCUT2D eigenvalue weighted by Crippen LogP contribution is 2.57. The summed E-state index contributed by atoms with van der Waals surface area (Å²) >= 11 is 0. The average molecular weight is 541 g/mol. The summed E-state index contributed by atoms with van der Waals surface area (Å²) in [5.41, 5.74) is 3.73. The second kappa shape index (κ2) is 11.8. The third-order valence-corrected chi connectivity index (χ3v) is 9.45. The molecule has 5 unspecified atom stereocenters. The van der Waals surface area contributed by atoms with Gasteiger partial charge in [0.05, 0.1) is 6.10 Å². The predicted octanol–water partition coefficient (Wildman–Crippen LogP) is 7.56. The second-order valence-corrected chi connectivity index (χ2v) is 12.1. The fourth-order valence-corrected chi connectivity index (χ4v) is 7.27. The zero-order valence-electron chi connectivity index (χ0n) is 23.6. The van der Waals surface area contributed by atoms with Gasteiger partial charge in [0.1, 0.15) is 5.60 Å². The third-order valence-electron chi connectivity index (χ3n) is 9.45. The number of carbonyl (C=O) groups excluding carboxylic acids is 1. The van der Waals surface area contributed by atoms with Gasteiger partial charge in [0, 0.05) is 18.4 Å². The van der Waals surface area contributed by atoms with Crippen molar-refractivity contribution < 1.29 is 19.4 Å². The van der Waals surface area contributed by atoms with Crippen molar-refractivity contribution in [2.45, 2.75) is 76.7 Å². The summed E-state index contributed by atoms with van der Waals surface area (Å²) in [6.45, 7) is 4.64. The highest BCUT2D eigenvalue weighted by molar-refractivity contribution is 5.99. The third kappa shape index (κ3) is 5.57. The summed E-state index contributed by atoms with van der Waals surface area (Å²) in [6, 6.07) is 19.6. The minimum absolute atomic E-state index is 0.0454. The quantitative estimate of drug-likeness (QED) is 0.282. The lowest BCUT2D eigenvalue weighted by molar-refractivity contribution is -0.123. The molecular formula is C36H41FO3. The van der Waals surface area contributed by atoms with Crippen molar-refractivity contribution >= 4 is 5.78 Å². The van der Waals surface area contributed by atoms with Gasteiger partial charge in [-0.05, 0) is 66.6 Å². The highest BCUT2D eigenvalue weighted by atomic mass is 19.1. The zero-order valence-corrected chi connectivity index (χ0v) is 23.6. The molecule has 40 heavy (non-hydrogen) atoms. The van der Waals surface area contributed by atoms with Crippen molar-refractivity contribution in [2.24, 2.45) is 17.3 Å². The van der Waals surface area contributed by atoms with E-state index in [4.69, 9.17) is 0 Å². The van der Waals surface area contributed by atoms with Gasteiger partial charge in [-0.1, -0.05) is 110 Å². The van der Waals surface area contributed by atoms with Crippen molar-refractivity contribution in [1.82, 2.24) is 0 Å². The van der Waals surface area contributed by atoms with Crippen LogP contribution in [0.5, 0.6) is 0 Å². The maximum atomic E-state index is 14.0. The van der Waals surface area contributed by atoms with E-state index in [9.17, 15) is 19.4 Å². The standard InChI is InChI=1S/C36H41FO3/c1-25(11-9-22-36(40,28-13-5-3-6-14-28)29-15-7-4-8-16-29)31-19-20-32-26(12-10-21-35(31,32)2)17-18-27-23-30(38)24-33(37)34(27)39/h3-9,13-19,22,25,30,32-33,38,40H,10-12,20-21,23-24H2,1-2H3. The smallest absolute Gasteiger partial charge is 0.193 e. The Bertz CT molecular complexity index is 1280. The first kappa shape index (κ1) is 28.4. The average Bonchev–Trinajstić information content (AvgIpc) is 3.32. The van der Waals surface area contributed by atoms with Crippen molar-refractivity contribution in [3.63, 3.8) is 0 Å². The molecule has 0 heterocycles. The molecule has 5 rings (SSSR count). The van der Waals surface area contributed by atoms with Crippen LogP contribution in [-0.2, 0) is 10.4 Å². The number of carbonyl (C=O) groups is 1. The maximum Gasteiger partial charge on any atom is 0.193 e. The lowest BCUT2D eigenvalue weighted by atomic mass is 9.62. The van der Waals surface area contributed by atoms with Gasteiger partial charge < -0.3 is 10.2 Å². The molecule has 2 aromatic rings. The Balaban J connectivity index is 1.32. The summed E-state index contributed by atoms with van der Waals surface area (Å²) in [4.78, 5) is 12.3. The Morgan fingerprint density at radius 3 is 2.38 bits per heavy atom. The lowest BCUT2D eigenvalue weighted by Gasteiger charge is -2.42. The largest absolute Gasteiger partial charge is 0.393 e. The Hall–Kier alpha value is -3.08. The maximum absolute atomic E-state index is 14.0. The van der Waals surface area contributed by atoms with Gasteiger partial charge in [0.25, 0.3) is 0 Å². The van der Waals surface area contributed by atoms with Crippen LogP contribution in [0.2, 0.25) is 0 Å². The van der Waals surface area contributed by atoms with E-state index in [1.807, 2.05) is 72.8 Å². The molecule has 4 heteroatoms. The topological polar surface area (TPSA) is 57.5 Å². The summed E-state index contributed by atoms with van der Waals surface area (Å²) in [7, 11) is 0. The van der Waals surface area contributed by atoms with Crippen LogP contribution in [0, 0.1) is 17.3 Å². The SMILES string of the molecule is CC(CC=CC(O)(c1ccccc1)c1ccccc1)C1=CCC2C(=CC=C3CC(O)CC(F)C3=O)CCCC12C. The van der Waals surface area contributed by atoms with E-state index in [0.29, 0.717) is 17.4 Å². The van der Waals surface area contributed by atoms with Crippen LogP contribution in [0.3, 0.4) is 0 Å². The molecule has 3 nitrogen and oxygen atoms in total. The molecule has 2 saturated carbocycles. The number of aliphatic hydroxyl groups excluding tert-OH is 1. The number of allylic oxidation sites excluding steroid dienone is 6. The number of halogens is 1. The summed E-state index contributed by atoms with van der Waals surface area (Å²) in [5.74, 6) is 0.217. The Kier molecular flexibility index (Phi) is 8.39. The van der Waals surface area contributed by atoms with Gasteiger partial charge in [0.15, 0.2) is 12.0 Å². The van der Waals surface area contributed by atoms with Crippen LogP contribution >= 0.6 is 0 Å². The van der Waals surface area contributed by atoms with Crippen molar-refractivity contribution in [1.29, 1.82) is 0 Å². The van der Waals surface area contributed by atoms with Crippen molar-refractivity contribution in [3.05, 3.63) is 119 Å². The zero-order chi connectivity index (χ0) is 28.3. The minimum atomic E-state index is -1.60. The van der Waals surface area contributed by atoms with Crippen LogP contribution in [0.25, 0.3) is 0 Å². The van der Waals surface area contributed by atoms with E-state index in [1.165, 1.54) is 11.1 Å². The lowest BCUT2D eigenvalue weighted by Crippen LogP contribution is -2.33. The number of rotatable bonds is 7. The van der Waals surface area contributed by atoms with E-state index in [0.717, 1.165) is 43.2 Å². The minimum Gasteiger partial charge on any atom is -0.393 e. The van der Waals surface area contributed by atoms with Crippen LogP contribution in [0.1, 0.15) is 69.9 Å². The highest BCUT2D eigenvalue weighted by Gasteiger charge is 2.46. The molecule has 210 valence electrons. The molecule has 0 saturated heterocycles. The number of ketones is 1. The van der Waals surface area contributed by atoms with E-state index in [2.05, 4.69) is 26.0 Å². The molecule has 2 N–H and O–H groups in total. The molecule has 0 amide bonds. The molecule has 3 aliphatic rings. The van der Waals surface area contributed by atoms with Gasteiger partial charge >= 0.3 is 0 Å². The van der Waals surface area contributed by atoms with Crippen LogP contribution in [0.15, 0.2) is 108 Å². The molecule has 3 aliphatic carbocycles. The number of Topliss-reactive ketones (excluding diaryl/α,β-unsaturated/α-hetero) is 1. The van der Waals surface area contributed by atoms with Crippen LogP contribution in [0.4, 0.5) is 4.39 Å². The second-order valence-electron chi connectivity index (χ2n) is 12.1. The van der Waals surface area contributed by atoms with Crippen LogP contribution in [-0.4, -0.2) is 28.3 Å². The number of hydrogen-bond donors (Lipinski definition) is 2. The molecule has 0 spiro atoms. The fourth-order valence-electron chi connectivity index (χ4n) is 7.27. The number of alkyl halides is 1. The predicted molar refractivity (Wildman–Crippen MR) is 158 cm³/mol. The van der Waals surface area contributed by atoms with Gasteiger partial charge in [-0.3, -0.25) is 4.79 Å². The monoisotopic (exact) mass is 540 g/mol. The van der Waals surface area contributed by atoms with E-state index in [-0.39, 0.29) is 18.3 Å². The Labute approximate surface area is 237 Å². The molecule has 0 aliphatic heterocycles. The van der Waals surface area contributed by atoms with Gasteiger partial charge in [0.2, 0.25) is 0 Å². The first-order valence-electron chi connectivity index (χ1n) is 14.7. The van der Waals surface area contributed by atoms with E-state index in [1.54, 1.807) is 6.08 Å². The van der Waals surface area contributed by atoms with Gasteiger partial charge in [-0.15, -0.1) is 0 Å². The number of aliphatic hydroxyl groups is 2. The molecule has 2 fully saturated rings. The van der Waals surface area contributed by atoms with Crippen molar-refractivity contribution in [3.8, 4) is 0 Å². The molecule has 0 bridgehead atoms. The van der Waals surface area contributed by atoms with Crippen LogP contribution < -0.4 is 0 Å². The Morgan fingerprint density at radius 1 is 1.07 bits per heavy atom. The summed E-state index contributed by atoms with van der Waals surface area (Å²) in [6.07, 6.45) is 13.0. The first-order valence-corrected chi connectivity index (χ1v) is 14.7.